The van der Waals surface area contributed by atoms with E-state index >= 15 is 0 Å². The van der Waals surface area contributed by atoms with Crippen LogP contribution in [-0.2, 0) is 14.1 Å². The van der Waals surface area contributed by atoms with Crippen molar-refractivity contribution in [1.82, 2.24) is 0 Å². The van der Waals surface area contributed by atoms with Gasteiger partial charge < -0.3 is 24.1 Å². The van der Waals surface area contributed by atoms with Gasteiger partial charge in [0.1, 0.15) is 5.75 Å². The highest BCUT2D eigenvalue weighted by molar-refractivity contribution is 6.65. The van der Waals surface area contributed by atoms with Gasteiger partial charge in [0.05, 0.1) is 23.5 Å². The zero-order valence-electron chi connectivity index (χ0n) is 19.6. The van der Waals surface area contributed by atoms with Crippen LogP contribution in [0.15, 0.2) is 42.5 Å². The van der Waals surface area contributed by atoms with Crippen LogP contribution in [0, 0.1) is 0 Å². The number of halogens is 1. The monoisotopic (exact) mass is 473 g/mol. The number of amides is 1. The fourth-order valence-corrected chi connectivity index (χ4v) is 3.60. The van der Waals surface area contributed by atoms with E-state index in [-0.39, 0.29) is 18.9 Å². The van der Waals surface area contributed by atoms with Gasteiger partial charge in [0.2, 0.25) is 0 Å². The van der Waals surface area contributed by atoms with Crippen molar-refractivity contribution >= 4 is 41.7 Å². The highest BCUT2D eigenvalue weighted by atomic mass is 35.5. The molecule has 0 aromatic heterocycles. The van der Waals surface area contributed by atoms with E-state index in [1.165, 1.54) is 4.90 Å². The van der Waals surface area contributed by atoms with Gasteiger partial charge in [-0.05, 0) is 64.4 Å². The summed E-state index contributed by atoms with van der Waals surface area (Å²) in [7, 11) is 0.968. The van der Waals surface area contributed by atoms with Crippen molar-refractivity contribution in [3.63, 3.8) is 0 Å². The van der Waals surface area contributed by atoms with Crippen molar-refractivity contribution in [2.45, 2.75) is 51.7 Å². The van der Waals surface area contributed by atoms with Crippen LogP contribution in [0.4, 0.5) is 5.69 Å². The van der Waals surface area contributed by atoms with E-state index in [0.717, 1.165) is 0 Å². The molecule has 9 heteroatoms. The Bertz CT molecular complexity index is 1030. The molecule has 0 radical (unpaired) electrons. The average molecular weight is 474 g/mol. The molecule has 176 valence electrons. The lowest BCUT2D eigenvalue weighted by Crippen LogP contribution is -2.41. The van der Waals surface area contributed by atoms with E-state index in [1.807, 2.05) is 27.7 Å². The van der Waals surface area contributed by atoms with Crippen molar-refractivity contribution in [2.75, 3.05) is 18.6 Å². The minimum Gasteiger partial charge on any atom is -0.491 e. The van der Waals surface area contributed by atoms with Crippen molar-refractivity contribution in [3.05, 3.63) is 53.1 Å². The molecular weight excluding hydrogens is 445 g/mol. The normalized spacial score (nSPS) is 16.5. The first-order valence-corrected chi connectivity index (χ1v) is 11.2. The van der Waals surface area contributed by atoms with E-state index in [0.29, 0.717) is 33.9 Å². The minimum absolute atomic E-state index is 0.0173. The SMILES string of the molecule is CN(C(=O)c1ccc(Cl)c(B2OC(C)(C)C(C)(C)O2)c1)c1ccccc1OCCCC(=O)O. The van der Waals surface area contributed by atoms with Gasteiger partial charge in [0, 0.05) is 29.5 Å². The van der Waals surface area contributed by atoms with Crippen LogP contribution in [-0.4, -0.2) is 49.0 Å². The predicted octanol–water partition coefficient (Wildman–Crippen LogP) is 4.16. The van der Waals surface area contributed by atoms with Gasteiger partial charge >= 0.3 is 13.1 Å². The van der Waals surface area contributed by atoms with Crippen LogP contribution in [0.1, 0.15) is 50.9 Å². The van der Waals surface area contributed by atoms with Gasteiger partial charge in [0.25, 0.3) is 5.91 Å². The van der Waals surface area contributed by atoms with E-state index in [2.05, 4.69) is 0 Å². The van der Waals surface area contributed by atoms with Crippen molar-refractivity contribution in [1.29, 1.82) is 0 Å². The largest absolute Gasteiger partial charge is 0.496 e. The van der Waals surface area contributed by atoms with Gasteiger partial charge in [-0.15, -0.1) is 0 Å². The first kappa shape index (κ1) is 25.1. The van der Waals surface area contributed by atoms with Crippen molar-refractivity contribution in [2.24, 2.45) is 0 Å². The van der Waals surface area contributed by atoms with E-state index in [1.54, 1.807) is 49.5 Å². The number of ether oxygens (including phenoxy) is 1. The molecule has 1 fully saturated rings. The molecule has 1 saturated heterocycles. The fraction of sp³-hybridized carbons (Fsp3) is 0.417. The van der Waals surface area contributed by atoms with Crippen LogP contribution >= 0.6 is 11.6 Å². The molecule has 7 nitrogen and oxygen atoms in total. The summed E-state index contributed by atoms with van der Waals surface area (Å²) in [5, 5.41) is 9.25. The van der Waals surface area contributed by atoms with Crippen LogP contribution < -0.4 is 15.1 Å². The van der Waals surface area contributed by atoms with Crippen molar-refractivity contribution < 1.29 is 28.7 Å². The number of hydrogen-bond acceptors (Lipinski definition) is 5. The predicted molar refractivity (Wildman–Crippen MR) is 129 cm³/mol. The number of nitrogens with zero attached hydrogens (tertiary/aromatic N) is 1. The van der Waals surface area contributed by atoms with Crippen molar-refractivity contribution in [3.8, 4) is 5.75 Å². The molecule has 0 spiro atoms. The summed E-state index contributed by atoms with van der Waals surface area (Å²) in [6.07, 6.45) is 0.388. The van der Waals surface area contributed by atoms with Gasteiger partial charge in [-0.25, -0.2) is 0 Å². The summed E-state index contributed by atoms with van der Waals surface area (Å²) in [6, 6.07) is 12.1. The van der Waals surface area contributed by atoms with Gasteiger partial charge in [-0.3, -0.25) is 9.59 Å². The summed E-state index contributed by atoms with van der Waals surface area (Å²) < 4.78 is 18.0. The second-order valence-corrected chi connectivity index (χ2v) is 9.41. The number of para-hydroxylation sites is 2. The maximum Gasteiger partial charge on any atom is 0.496 e. The topological polar surface area (TPSA) is 85.3 Å². The molecule has 0 aliphatic carbocycles. The lowest BCUT2D eigenvalue weighted by Gasteiger charge is -2.32. The Kier molecular flexibility index (Phi) is 7.41. The molecule has 1 heterocycles. The molecule has 1 aliphatic rings. The van der Waals surface area contributed by atoms with Gasteiger partial charge in [-0.1, -0.05) is 23.7 Å². The second-order valence-electron chi connectivity index (χ2n) is 9.00. The lowest BCUT2D eigenvalue weighted by atomic mass is 9.78. The molecule has 3 rings (SSSR count). The first-order valence-electron chi connectivity index (χ1n) is 10.8. The summed E-state index contributed by atoms with van der Waals surface area (Å²) in [6.45, 7) is 8.06. The van der Waals surface area contributed by atoms with Crippen LogP contribution in [0.25, 0.3) is 0 Å². The Hall–Kier alpha value is -2.55. The zero-order chi connectivity index (χ0) is 24.4. The molecular formula is C24H29BClNO6. The first-order chi connectivity index (χ1) is 15.4. The quantitative estimate of drug-likeness (QED) is 0.458. The number of anilines is 1. The molecule has 0 atom stereocenters. The summed E-state index contributed by atoms with van der Waals surface area (Å²) >= 11 is 6.44. The Morgan fingerprint density at radius 1 is 1.09 bits per heavy atom. The number of hydrogen-bond donors (Lipinski definition) is 1. The maximum absolute atomic E-state index is 13.3. The number of rotatable bonds is 8. The number of carbonyl (C=O) groups excluding carboxylic acids is 1. The summed E-state index contributed by atoms with van der Waals surface area (Å²) in [5.74, 6) is -0.635. The van der Waals surface area contributed by atoms with E-state index in [9.17, 15) is 9.59 Å². The molecule has 2 aromatic carbocycles. The van der Waals surface area contributed by atoms with E-state index < -0.39 is 24.3 Å². The molecule has 33 heavy (non-hydrogen) atoms. The van der Waals surface area contributed by atoms with E-state index in [4.69, 9.17) is 30.8 Å². The second kappa shape index (κ2) is 9.75. The standard InChI is InChI=1S/C24H29BClNO6/c1-23(2)24(3,4)33-25(32-23)17-15-16(12-13-18(17)26)22(30)27(5)19-9-6-7-10-20(19)31-14-8-11-21(28)29/h6-7,9-10,12-13,15H,8,11,14H2,1-5H3,(H,28,29). The number of carboxylic acids is 1. The molecule has 0 bridgehead atoms. The highest BCUT2D eigenvalue weighted by Gasteiger charge is 2.52. The Labute approximate surface area is 199 Å². The fourth-order valence-electron chi connectivity index (χ4n) is 3.39. The third-order valence-corrected chi connectivity index (χ3v) is 6.42. The van der Waals surface area contributed by atoms with Gasteiger partial charge in [0.15, 0.2) is 0 Å². The average Bonchev–Trinajstić information content (AvgIpc) is 2.97. The zero-order valence-corrected chi connectivity index (χ0v) is 20.3. The smallest absolute Gasteiger partial charge is 0.491 e. The Balaban J connectivity index is 1.81. The number of aliphatic carboxylic acids is 1. The van der Waals surface area contributed by atoms with Crippen LogP contribution in [0.2, 0.25) is 5.02 Å². The number of carboxylic acid groups (broad SMARTS) is 1. The van der Waals surface area contributed by atoms with Gasteiger partial charge in [-0.2, -0.15) is 0 Å². The Morgan fingerprint density at radius 2 is 1.73 bits per heavy atom. The van der Waals surface area contributed by atoms with Crippen LogP contribution in [0.3, 0.4) is 0 Å². The highest BCUT2D eigenvalue weighted by Crippen LogP contribution is 2.37. The third kappa shape index (κ3) is 5.51. The van der Waals surface area contributed by atoms with Crippen LogP contribution in [0.5, 0.6) is 5.75 Å². The Morgan fingerprint density at radius 3 is 2.36 bits per heavy atom. The third-order valence-electron chi connectivity index (χ3n) is 6.07. The molecule has 0 saturated carbocycles. The molecule has 1 amide bonds. The summed E-state index contributed by atoms with van der Waals surface area (Å²) in [5.41, 5.74) is 0.522. The number of benzene rings is 2. The summed E-state index contributed by atoms with van der Waals surface area (Å²) in [4.78, 5) is 25.5. The molecule has 2 aromatic rings. The lowest BCUT2D eigenvalue weighted by molar-refractivity contribution is -0.137. The minimum atomic E-state index is -0.875. The number of carbonyl (C=O) groups is 2. The molecule has 1 N–H and O–H groups in total. The molecule has 0 unspecified atom stereocenters. The maximum atomic E-state index is 13.3. The molecule has 1 aliphatic heterocycles.